The van der Waals surface area contributed by atoms with Crippen molar-refractivity contribution < 1.29 is 19.4 Å². The molecule has 1 atom stereocenters. The van der Waals surface area contributed by atoms with Crippen molar-refractivity contribution in [2.45, 2.75) is 45.6 Å². The molecule has 116 valence electrons. The van der Waals surface area contributed by atoms with E-state index in [-0.39, 0.29) is 5.91 Å². The Kier molecular flexibility index (Phi) is 7.29. The molecule has 5 heteroatoms. The Bertz CT molecular complexity index is 456. The lowest BCUT2D eigenvalue weighted by Gasteiger charge is -2.12. The number of amides is 1. The van der Waals surface area contributed by atoms with Crippen molar-refractivity contribution in [1.82, 2.24) is 5.32 Å². The molecule has 1 aromatic carbocycles. The van der Waals surface area contributed by atoms with Crippen LogP contribution in [0.5, 0.6) is 5.75 Å². The summed E-state index contributed by atoms with van der Waals surface area (Å²) in [6, 6.07) is 7.00. The first-order valence-corrected chi connectivity index (χ1v) is 7.30. The highest BCUT2D eigenvalue weighted by molar-refractivity contribution is 5.83. The number of carboxylic acids is 1. The van der Waals surface area contributed by atoms with E-state index in [1.807, 2.05) is 31.2 Å². The Balaban J connectivity index is 2.32. The molecular weight excluding hydrogens is 270 g/mol. The number of aliphatic carboxylic acids is 1. The molecule has 1 rings (SSSR count). The molecule has 0 radical (unpaired) electrons. The molecule has 5 nitrogen and oxygen atoms in total. The van der Waals surface area contributed by atoms with Crippen LogP contribution >= 0.6 is 0 Å². The molecule has 0 aliphatic heterocycles. The molecule has 0 aliphatic carbocycles. The number of nitrogens with one attached hydrogen (secondary N) is 1. The summed E-state index contributed by atoms with van der Waals surface area (Å²) < 4.78 is 5.36. The Labute approximate surface area is 125 Å². The van der Waals surface area contributed by atoms with E-state index in [1.54, 1.807) is 6.92 Å². The van der Waals surface area contributed by atoms with Crippen LogP contribution in [0.3, 0.4) is 0 Å². The molecule has 0 fully saturated rings. The number of aryl methyl sites for hydroxylation is 1. The van der Waals surface area contributed by atoms with Crippen molar-refractivity contribution in [3.63, 3.8) is 0 Å². The van der Waals surface area contributed by atoms with E-state index < -0.39 is 12.0 Å². The van der Waals surface area contributed by atoms with Crippen LogP contribution in [0.4, 0.5) is 0 Å². The molecule has 1 amide bonds. The second-order valence-corrected chi connectivity index (χ2v) is 4.80. The van der Waals surface area contributed by atoms with Gasteiger partial charge in [-0.25, -0.2) is 4.79 Å². The number of hydrogen-bond acceptors (Lipinski definition) is 3. The molecule has 21 heavy (non-hydrogen) atoms. The highest BCUT2D eigenvalue weighted by Gasteiger charge is 2.16. The van der Waals surface area contributed by atoms with E-state index in [4.69, 9.17) is 9.84 Å². The Morgan fingerprint density at radius 2 is 1.90 bits per heavy atom. The molecule has 0 saturated carbocycles. The predicted octanol–water partition coefficient (Wildman–Crippen LogP) is 2.39. The first-order chi connectivity index (χ1) is 10.1. The zero-order valence-electron chi connectivity index (χ0n) is 12.6. The van der Waals surface area contributed by atoms with Gasteiger partial charge in [0.1, 0.15) is 11.8 Å². The van der Waals surface area contributed by atoms with Gasteiger partial charge in [-0.1, -0.05) is 19.1 Å². The van der Waals surface area contributed by atoms with Crippen LogP contribution in [0.25, 0.3) is 0 Å². The molecule has 1 unspecified atom stereocenters. The number of carbonyl (C=O) groups excluding carboxylic acids is 1. The number of hydrogen-bond donors (Lipinski definition) is 2. The van der Waals surface area contributed by atoms with E-state index in [9.17, 15) is 9.59 Å². The van der Waals surface area contributed by atoms with Crippen LogP contribution in [0, 0.1) is 0 Å². The summed E-state index contributed by atoms with van der Waals surface area (Å²) in [6.45, 7) is 4.31. The molecular formula is C16H23NO4. The molecule has 0 bridgehead atoms. The van der Waals surface area contributed by atoms with Gasteiger partial charge in [0.05, 0.1) is 6.61 Å². The van der Waals surface area contributed by atoms with Gasteiger partial charge in [0.2, 0.25) is 5.91 Å². The number of ether oxygens (including phenoxy) is 1. The average Bonchev–Trinajstić information content (AvgIpc) is 2.46. The highest BCUT2D eigenvalue weighted by Crippen LogP contribution is 2.13. The third-order valence-electron chi connectivity index (χ3n) is 3.15. The monoisotopic (exact) mass is 293 g/mol. The fourth-order valence-electron chi connectivity index (χ4n) is 1.98. The first kappa shape index (κ1) is 17.0. The maximum Gasteiger partial charge on any atom is 0.326 e. The van der Waals surface area contributed by atoms with Crippen molar-refractivity contribution in [1.29, 1.82) is 0 Å². The van der Waals surface area contributed by atoms with E-state index in [1.165, 1.54) is 0 Å². The quantitative estimate of drug-likeness (QED) is 0.733. The second kappa shape index (κ2) is 9.00. The smallest absolute Gasteiger partial charge is 0.326 e. The second-order valence-electron chi connectivity index (χ2n) is 4.80. The van der Waals surface area contributed by atoms with Crippen molar-refractivity contribution in [3.8, 4) is 5.75 Å². The Hall–Kier alpha value is -2.04. The number of benzene rings is 1. The first-order valence-electron chi connectivity index (χ1n) is 7.30. The summed E-state index contributed by atoms with van der Waals surface area (Å²) in [5.74, 6) is -0.362. The maximum absolute atomic E-state index is 11.7. The van der Waals surface area contributed by atoms with Crippen molar-refractivity contribution >= 4 is 11.9 Å². The van der Waals surface area contributed by atoms with Crippen LogP contribution in [0.15, 0.2) is 24.3 Å². The summed E-state index contributed by atoms with van der Waals surface area (Å²) in [5, 5.41) is 11.4. The van der Waals surface area contributed by atoms with Crippen molar-refractivity contribution in [2.24, 2.45) is 0 Å². The van der Waals surface area contributed by atoms with Crippen LogP contribution in [0.1, 0.15) is 38.7 Å². The van der Waals surface area contributed by atoms with Gasteiger partial charge < -0.3 is 15.2 Å². The third kappa shape index (κ3) is 6.29. The van der Waals surface area contributed by atoms with E-state index >= 15 is 0 Å². The minimum Gasteiger partial charge on any atom is -0.494 e. The van der Waals surface area contributed by atoms with Gasteiger partial charge in [0.25, 0.3) is 0 Å². The van der Waals surface area contributed by atoms with Gasteiger partial charge in [-0.05, 0) is 43.9 Å². The third-order valence-corrected chi connectivity index (χ3v) is 3.15. The number of carboxylic acid groups (broad SMARTS) is 1. The SMILES string of the molecule is CCOc1ccc(CCCC(=O)NC(CC)C(=O)O)cc1. The van der Waals surface area contributed by atoms with E-state index in [0.29, 0.717) is 25.9 Å². The maximum atomic E-state index is 11.7. The Morgan fingerprint density at radius 1 is 1.24 bits per heavy atom. The van der Waals surface area contributed by atoms with Crippen molar-refractivity contribution in [2.75, 3.05) is 6.61 Å². The standard InChI is InChI=1S/C16H23NO4/c1-3-14(16(19)20)17-15(18)7-5-6-12-8-10-13(11-9-12)21-4-2/h8-11,14H,3-7H2,1-2H3,(H,17,18)(H,19,20). The van der Waals surface area contributed by atoms with E-state index in [0.717, 1.165) is 17.7 Å². The zero-order valence-corrected chi connectivity index (χ0v) is 12.6. The van der Waals surface area contributed by atoms with Gasteiger partial charge in [-0.2, -0.15) is 0 Å². The summed E-state index contributed by atoms with van der Waals surface area (Å²) in [7, 11) is 0. The number of rotatable bonds is 9. The molecule has 0 heterocycles. The topological polar surface area (TPSA) is 75.6 Å². The van der Waals surface area contributed by atoms with Gasteiger partial charge in [-0.15, -0.1) is 0 Å². The lowest BCUT2D eigenvalue weighted by Crippen LogP contribution is -2.40. The van der Waals surface area contributed by atoms with Gasteiger partial charge in [0, 0.05) is 6.42 Å². The Morgan fingerprint density at radius 3 is 2.43 bits per heavy atom. The van der Waals surface area contributed by atoms with Crippen LogP contribution in [0.2, 0.25) is 0 Å². The molecule has 0 aliphatic rings. The highest BCUT2D eigenvalue weighted by atomic mass is 16.5. The molecule has 1 aromatic rings. The largest absolute Gasteiger partial charge is 0.494 e. The number of carbonyl (C=O) groups is 2. The van der Waals surface area contributed by atoms with Gasteiger partial charge in [-0.3, -0.25) is 4.79 Å². The molecule has 0 spiro atoms. The summed E-state index contributed by atoms with van der Waals surface area (Å²) in [5.41, 5.74) is 1.14. The van der Waals surface area contributed by atoms with Crippen LogP contribution < -0.4 is 10.1 Å². The fraction of sp³-hybridized carbons (Fsp3) is 0.500. The molecule has 0 aromatic heterocycles. The summed E-state index contributed by atoms with van der Waals surface area (Å²) in [6.07, 6.45) is 2.19. The molecule has 2 N–H and O–H groups in total. The van der Waals surface area contributed by atoms with Gasteiger partial charge in [0.15, 0.2) is 0 Å². The normalized spacial score (nSPS) is 11.7. The zero-order chi connectivity index (χ0) is 15.7. The van der Waals surface area contributed by atoms with Crippen molar-refractivity contribution in [3.05, 3.63) is 29.8 Å². The summed E-state index contributed by atoms with van der Waals surface area (Å²) in [4.78, 5) is 22.5. The van der Waals surface area contributed by atoms with Gasteiger partial charge >= 0.3 is 5.97 Å². The lowest BCUT2D eigenvalue weighted by molar-refractivity contribution is -0.141. The minimum atomic E-state index is -0.989. The average molecular weight is 293 g/mol. The predicted molar refractivity (Wildman–Crippen MR) is 80.4 cm³/mol. The van der Waals surface area contributed by atoms with Crippen LogP contribution in [-0.4, -0.2) is 29.6 Å². The lowest BCUT2D eigenvalue weighted by atomic mass is 10.1. The van der Waals surface area contributed by atoms with E-state index in [2.05, 4.69) is 5.32 Å². The molecule has 0 saturated heterocycles. The summed E-state index contributed by atoms with van der Waals surface area (Å²) >= 11 is 0. The fourth-order valence-corrected chi connectivity index (χ4v) is 1.98. The van der Waals surface area contributed by atoms with Crippen LogP contribution in [-0.2, 0) is 16.0 Å². The minimum absolute atomic E-state index is 0.213.